The summed E-state index contributed by atoms with van der Waals surface area (Å²) in [6.45, 7) is 3.34. The van der Waals surface area contributed by atoms with E-state index in [1.165, 1.54) is 43.2 Å². The molecule has 176 valence electrons. The lowest BCUT2D eigenvalue weighted by molar-refractivity contribution is -0.137. The normalized spacial score (nSPS) is 13.2. The number of halogens is 3. The van der Waals surface area contributed by atoms with E-state index in [1.54, 1.807) is 26.0 Å². The summed E-state index contributed by atoms with van der Waals surface area (Å²) < 4.78 is 65.0. The fourth-order valence-electron chi connectivity index (χ4n) is 3.04. The van der Waals surface area contributed by atoms with Crippen LogP contribution in [0.5, 0.6) is 0 Å². The Balaban J connectivity index is 1.75. The van der Waals surface area contributed by atoms with Crippen LogP contribution in [0.25, 0.3) is 5.82 Å². The Labute approximate surface area is 189 Å². The maximum Gasteiger partial charge on any atom is 0.417 e. The number of sulfonamides is 1. The predicted octanol–water partition coefficient (Wildman–Crippen LogP) is 3.34. The molecule has 1 unspecified atom stereocenters. The number of amides is 1. The summed E-state index contributed by atoms with van der Waals surface area (Å²) in [6.07, 6.45) is -2.48. The van der Waals surface area contributed by atoms with E-state index in [0.717, 1.165) is 10.4 Å². The third-order valence-corrected chi connectivity index (χ3v) is 6.88. The molecule has 0 radical (unpaired) electrons. The molecule has 0 fully saturated rings. The van der Waals surface area contributed by atoms with Crippen molar-refractivity contribution in [1.82, 2.24) is 24.4 Å². The number of nitrogens with one attached hydrogen (secondary N) is 1. The minimum absolute atomic E-state index is 0.135. The third kappa shape index (κ3) is 5.06. The van der Waals surface area contributed by atoms with E-state index in [1.807, 2.05) is 0 Å². The van der Waals surface area contributed by atoms with E-state index in [9.17, 15) is 26.4 Å². The summed E-state index contributed by atoms with van der Waals surface area (Å²) >= 11 is 0. The van der Waals surface area contributed by atoms with E-state index < -0.39 is 33.7 Å². The van der Waals surface area contributed by atoms with Crippen LogP contribution in [0, 0.1) is 6.92 Å². The number of carbonyl (C=O) groups is 1. The summed E-state index contributed by atoms with van der Waals surface area (Å²) in [6, 6.07) is 7.79. The van der Waals surface area contributed by atoms with Crippen molar-refractivity contribution in [2.24, 2.45) is 0 Å². The molecule has 3 aromatic rings. The van der Waals surface area contributed by atoms with Gasteiger partial charge in [0.05, 0.1) is 34.0 Å². The van der Waals surface area contributed by atoms with Crippen molar-refractivity contribution in [3.05, 3.63) is 71.2 Å². The maximum absolute atomic E-state index is 12.8. The molecule has 0 bridgehead atoms. The van der Waals surface area contributed by atoms with Crippen molar-refractivity contribution >= 4 is 15.9 Å². The molecule has 0 aliphatic carbocycles. The van der Waals surface area contributed by atoms with E-state index in [4.69, 9.17) is 0 Å². The van der Waals surface area contributed by atoms with Gasteiger partial charge >= 0.3 is 6.18 Å². The second-order valence-electron chi connectivity index (χ2n) is 7.51. The van der Waals surface area contributed by atoms with Gasteiger partial charge in [-0.05, 0) is 43.7 Å². The number of hydrogen-bond donors (Lipinski definition) is 1. The summed E-state index contributed by atoms with van der Waals surface area (Å²) in [5.41, 5.74) is 0.442. The molecule has 1 N–H and O–H groups in total. The monoisotopic (exact) mass is 481 g/mol. The van der Waals surface area contributed by atoms with Crippen molar-refractivity contribution < 1.29 is 26.4 Å². The Morgan fingerprint density at radius 2 is 1.73 bits per heavy atom. The molecule has 8 nitrogen and oxygen atoms in total. The molecule has 33 heavy (non-hydrogen) atoms. The molecular weight excluding hydrogens is 459 g/mol. The first-order valence-electron chi connectivity index (χ1n) is 9.74. The highest BCUT2D eigenvalue weighted by Crippen LogP contribution is 2.29. The van der Waals surface area contributed by atoms with Crippen molar-refractivity contribution in [3.8, 4) is 5.82 Å². The number of rotatable bonds is 6. The molecule has 2 heterocycles. The van der Waals surface area contributed by atoms with E-state index in [0.29, 0.717) is 17.5 Å². The van der Waals surface area contributed by atoms with Crippen LogP contribution < -0.4 is 5.32 Å². The lowest BCUT2D eigenvalue weighted by atomic mass is 10.1. The lowest BCUT2D eigenvalue weighted by Gasteiger charge is -2.16. The molecular formula is C21H22F3N5O3S. The van der Waals surface area contributed by atoms with Gasteiger partial charge < -0.3 is 5.32 Å². The quantitative estimate of drug-likeness (QED) is 0.583. The first kappa shape index (κ1) is 24.4. The van der Waals surface area contributed by atoms with Crippen LogP contribution in [0.3, 0.4) is 0 Å². The van der Waals surface area contributed by atoms with Crippen molar-refractivity contribution in [2.45, 2.75) is 31.0 Å². The third-order valence-electron chi connectivity index (χ3n) is 5.05. The molecule has 0 saturated heterocycles. The minimum atomic E-state index is -4.50. The highest BCUT2D eigenvalue weighted by Gasteiger charge is 2.31. The van der Waals surface area contributed by atoms with Crippen molar-refractivity contribution in [1.29, 1.82) is 0 Å². The number of pyridine rings is 1. The van der Waals surface area contributed by atoms with Gasteiger partial charge in [-0.1, -0.05) is 12.1 Å². The molecule has 0 aliphatic rings. The van der Waals surface area contributed by atoms with Gasteiger partial charge in [0.25, 0.3) is 5.91 Å². The summed E-state index contributed by atoms with van der Waals surface area (Å²) in [5.74, 6) is -0.298. The Hall–Kier alpha value is -3.25. The van der Waals surface area contributed by atoms with Crippen LogP contribution in [0.1, 0.15) is 40.1 Å². The first-order chi connectivity index (χ1) is 15.3. The Bertz CT molecular complexity index is 1250. The van der Waals surface area contributed by atoms with Crippen LogP contribution in [-0.4, -0.2) is 47.5 Å². The molecule has 1 aromatic carbocycles. The summed E-state index contributed by atoms with van der Waals surface area (Å²) in [7, 11) is -0.680. The van der Waals surface area contributed by atoms with Crippen LogP contribution in [0.2, 0.25) is 0 Å². The molecule has 12 heteroatoms. The van der Waals surface area contributed by atoms with E-state index in [2.05, 4.69) is 15.4 Å². The lowest BCUT2D eigenvalue weighted by Crippen LogP contribution is -2.27. The molecule has 0 aliphatic heterocycles. The second-order valence-corrected chi connectivity index (χ2v) is 9.66. The fourth-order valence-corrected chi connectivity index (χ4v) is 3.94. The summed E-state index contributed by atoms with van der Waals surface area (Å²) in [5, 5.41) is 6.88. The molecule has 1 amide bonds. The zero-order valence-corrected chi connectivity index (χ0v) is 19.1. The SMILES string of the molecule is Cc1c(C(=O)NC(C)c2ccc(S(=O)(=O)N(C)C)cc2)cnn1-c1ccc(C(F)(F)F)cn1. The molecule has 1 atom stereocenters. The van der Waals surface area contributed by atoms with Crippen molar-refractivity contribution in [3.63, 3.8) is 0 Å². The van der Waals surface area contributed by atoms with Gasteiger partial charge in [0.2, 0.25) is 10.0 Å². The van der Waals surface area contributed by atoms with Gasteiger partial charge in [-0.2, -0.15) is 18.3 Å². The van der Waals surface area contributed by atoms with Crippen molar-refractivity contribution in [2.75, 3.05) is 14.1 Å². The Kier molecular flexibility index (Phi) is 6.61. The van der Waals surface area contributed by atoms with Crippen LogP contribution in [0.15, 0.2) is 53.7 Å². The number of carbonyl (C=O) groups excluding carboxylic acids is 1. The first-order valence-corrected chi connectivity index (χ1v) is 11.2. The second kappa shape index (κ2) is 8.94. The minimum Gasteiger partial charge on any atom is -0.345 e. The van der Waals surface area contributed by atoms with Gasteiger partial charge in [0, 0.05) is 20.3 Å². The van der Waals surface area contributed by atoms with Crippen LogP contribution in [0.4, 0.5) is 13.2 Å². The standard InChI is InChI=1S/C21H22F3N5O3S/c1-13(15-5-8-17(9-6-15)33(31,32)28(3)4)27-20(30)18-12-26-29(14(18)2)19-10-7-16(11-25-19)21(22,23)24/h5-13H,1-4H3,(H,27,30). The summed E-state index contributed by atoms with van der Waals surface area (Å²) in [4.78, 5) is 16.7. The number of hydrogen-bond acceptors (Lipinski definition) is 5. The highest BCUT2D eigenvalue weighted by molar-refractivity contribution is 7.89. The molecule has 0 saturated carbocycles. The maximum atomic E-state index is 12.8. The van der Waals surface area contributed by atoms with Gasteiger partial charge in [0.15, 0.2) is 5.82 Å². The zero-order valence-electron chi connectivity index (χ0n) is 18.3. The fraction of sp³-hybridized carbons (Fsp3) is 0.286. The van der Waals surface area contributed by atoms with E-state index in [-0.39, 0.29) is 16.3 Å². The number of alkyl halides is 3. The molecule has 0 spiro atoms. The van der Waals surface area contributed by atoms with Gasteiger partial charge in [0.1, 0.15) is 0 Å². The Morgan fingerprint density at radius 3 is 2.24 bits per heavy atom. The van der Waals surface area contributed by atoms with Gasteiger partial charge in [-0.15, -0.1) is 0 Å². The largest absolute Gasteiger partial charge is 0.417 e. The number of benzene rings is 1. The molecule has 3 rings (SSSR count). The average Bonchev–Trinajstić information content (AvgIpc) is 3.14. The van der Waals surface area contributed by atoms with Gasteiger partial charge in [-0.3, -0.25) is 4.79 Å². The topological polar surface area (TPSA) is 97.2 Å². The van der Waals surface area contributed by atoms with Crippen LogP contribution >= 0.6 is 0 Å². The number of aromatic nitrogens is 3. The smallest absolute Gasteiger partial charge is 0.345 e. The average molecular weight is 482 g/mol. The Morgan fingerprint density at radius 1 is 1.09 bits per heavy atom. The zero-order chi connectivity index (χ0) is 24.6. The highest BCUT2D eigenvalue weighted by atomic mass is 32.2. The van der Waals surface area contributed by atoms with Gasteiger partial charge in [-0.25, -0.2) is 22.4 Å². The number of nitrogens with zero attached hydrogens (tertiary/aromatic N) is 4. The van der Waals surface area contributed by atoms with E-state index >= 15 is 0 Å². The van der Waals surface area contributed by atoms with Crippen LogP contribution in [-0.2, 0) is 16.2 Å². The predicted molar refractivity (Wildman–Crippen MR) is 114 cm³/mol. The molecule has 2 aromatic heterocycles.